The molecule has 21 heavy (non-hydrogen) atoms. The van der Waals surface area contributed by atoms with E-state index in [1.165, 1.54) is 0 Å². The number of hydrogen-bond acceptors (Lipinski definition) is 7. The van der Waals surface area contributed by atoms with E-state index in [4.69, 9.17) is 51.0 Å². The molecule has 0 spiro atoms. The van der Waals surface area contributed by atoms with Gasteiger partial charge in [0, 0.05) is 18.9 Å². The molecule has 7 nitrogen and oxygen atoms in total. The van der Waals surface area contributed by atoms with Gasteiger partial charge in [-0.1, -0.05) is 28.4 Å². The maximum atomic E-state index is 13.8. The number of hydroxylamine groups is 1. The van der Waals surface area contributed by atoms with Crippen LogP contribution in [-0.4, -0.2) is 46.6 Å². The van der Waals surface area contributed by atoms with Crippen LogP contribution in [0.2, 0.25) is 0 Å². The predicted octanol–water partition coefficient (Wildman–Crippen LogP) is 0.0561. The van der Waals surface area contributed by atoms with Gasteiger partial charge in [-0.05, 0) is 19.5 Å². The summed E-state index contributed by atoms with van der Waals surface area (Å²) in [4.78, 5) is 2.99. The molecule has 0 aromatic heterocycles. The second-order valence-electron chi connectivity index (χ2n) is 4.77. The summed E-state index contributed by atoms with van der Waals surface area (Å²) in [6.45, 7) is 0.474. The number of rotatable bonds is 8. The van der Waals surface area contributed by atoms with Crippen molar-refractivity contribution < 1.29 is 13.6 Å². The Morgan fingerprint density at radius 2 is 1.95 bits per heavy atom. The lowest BCUT2D eigenvalue weighted by Crippen LogP contribution is -2.53. The Hall–Kier alpha value is -0.290. The molecule has 8 N–H and O–H groups in total. The molecule has 0 saturated heterocycles. The van der Waals surface area contributed by atoms with E-state index < -0.39 is 16.6 Å². The second kappa shape index (κ2) is 7.32. The van der Waals surface area contributed by atoms with E-state index >= 15 is 0 Å². The van der Waals surface area contributed by atoms with Gasteiger partial charge in [0.2, 0.25) is 0 Å². The van der Waals surface area contributed by atoms with Crippen LogP contribution in [0.4, 0.5) is 8.78 Å². The zero-order chi connectivity index (χ0) is 16.3. The molecule has 0 aromatic carbocycles. The molecule has 1 aliphatic heterocycles. The topological polar surface area (TPSA) is 129 Å². The molecule has 0 amide bonds. The summed E-state index contributed by atoms with van der Waals surface area (Å²) >= 11 is 10.5. The molecule has 0 aromatic rings. The van der Waals surface area contributed by atoms with Crippen molar-refractivity contribution in [3.8, 4) is 0 Å². The molecule has 2 atom stereocenters. The standard InChI is InChI=1S/C10H20Cl2F2N6O/c11-8(12)10(13,14)20-19-7(5-6(17)1-3-15)9(18,21-20)2-4-16/h6,8H,1-5,15-18H2. The minimum absolute atomic E-state index is 0.0256. The fraction of sp³-hybridized carbons (Fsp3) is 0.900. The lowest BCUT2D eigenvalue weighted by molar-refractivity contribution is -0.328. The van der Waals surface area contributed by atoms with Gasteiger partial charge < -0.3 is 17.2 Å². The van der Waals surface area contributed by atoms with E-state index in [0.29, 0.717) is 13.0 Å². The summed E-state index contributed by atoms with van der Waals surface area (Å²) in [6.07, 6.45) is 0.722. The van der Waals surface area contributed by atoms with Crippen molar-refractivity contribution in [3.63, 3.8) is 0 Å². The lowest BCUT2D eigenvalue weighted by atomic mass is 9.97. The molecular formula is C10H20Cl2F2N6O. The van der Waals surface area contributed by atoms with E-state index in [-0.39, 0.29) is 36.3 Å². The van der Waals surface area contributed by atoms with E-state index in [9.17, 15) is 8.78 Å². The van der Waals surface area contributed by atoms with Crippen LogP contribution in [0.3, 0.4) is 0 Å². The van der Waals surface area contributed by atoms with E-state index in [2.05, 4.69) is 5.10 Å². The minimum atomic E-state index is -3.73. The van der Waals surface area contributed by atoms with Crippen molar-refractivity contribution in [2.75, 3.05) is 13.1 Å². The van der Waals surface area contributed by atoms with Gasteiger partial charge in [0.15, 0.2) is 10.6 Å². The van der Waals surface area contributed by atoms with E-state index in [1.54, 1.807) is 0 Å². The van der Waals surface area contributed by atoms with Crippen LogP contribution in [0, 0.1) is 0 Å². The Bertz CT molecular complexity index is 387. The number of halogens is 4. The van der Waals surface area contributed by atoms with E-state index in [0.717, 1.165) is 0 Å². The number of nitrogens with two attached hydrogens (primary N) is 4. The Morgan fingerprint density at radius 3 is 2.43 bits per heavy atom. The number of alkyl halides is 4. The molecule has 0 saturated carbocycles. The number of hydrogen-bond donors (Lipinski definition) is 4. The SMILES string of the molecule is NCCC(N)CC1=NN(C(F)(F)C(Cl)Cl)OC1(N)CCN. The fourth-order valence-corrected chi connectivity index (χ4v) is 1.98. The Morgan fingerprint density at radius 1 is 1.33 bits per heavy atom. The van der Waals surface area contributed by atoms with Gasteiger partial charge in [-0.25, -0.2) is 4.84 Å². The maximum Gasteiger partial charge on any atom is 0.391 e. The monoisotopic (exact) mass is 348 g/mol. The third kappa shape index (κ3) is 4.35. The summed E-state index contributed by atoms with van der Waals surface area (Å²) < 4.78 is 27.6. The normalized spacial score (nSPS) is 24.6. The van der Waals surface area contributed by atoms with Gasteiger partial charge >= 0.3 is 6.05 Å². The quantitative estimate of drug-likeness (QED) is 0.362. The van der Waals surface area contributed by atoms with Crippen LogP contribution in [0.5, 0.6) is 0 Å². The van der Waals surface area contributed by atoms with E-state index in [1.807, 2.05) is 0 Å². The van der Waals surface area contributed by atoms with Crippen molar-refractivity contribution in [1.29, 1.82) is 0 Å². The third-order valence-corrected chi connectivity index (χ3v) is 3.50. The largest absolute Gasteiger partial charge is 0.391 e. The second-order valence-corrected chi connectivity index (χ2v) is 5.87. The van der Waals surface area contributed by atoms with Crippen LogP contribution in [0.15, 0.2) is 5.10 Å². The molecule has 124 valence electrons. The van der Waals surface area contributed by atoms with Crippen LogP contribution >= 0.6 is 23.2 Å². The van der Waals surface area contributed by atoms with Gasteiger partial charge in [-0.3, -0.25) is 5.73 Å². The summed E-state index contributed by atoms with van der Waals surface area (Å²) in [6, 6.07) is -4.11. The van der Waals surface area contributed by atoms with Gasteiger partial charge in [0.05, 0.1) is 5.71 Å². The Labute approximate surface area is 131 Å². The molecule has 0 radical (unpaired) electrons. The number of hydrazone groups is 1. The first kappa shape index (κ1) is 18.8. The third-order valence-electron chi connectivity index (χ3n) is 2.98. The highest BCUT2D eigenvalue weighted by molar-refractivity contribution is 6.44. The van der Waals surface area contributed by atoms with Gasteiger partial charge in [0.25, 0.3) is 0 Å². The highest BCUT2D eigenvalue weighted by Gasteiger charge is 2.53. The predicted molar refractivity (Wildman–Crippen MR) is 77.7 cm³/mol. The first-order valence-corrected chi connectivity index (χ1v) is 7.22. The smallest absolute Gasteiger partial charge is 0.330 e. The van der Waals surface area contributed by atoms with Crippen molar-refractivity contribution >= 4 is 28.9 Å². The first-order chi connectivity index (χ1) is 9.67. The summed E-state index contributed by atoms with van der Waals surface area (Å²) in [5.74, 6) is 0. The fourth-order valence-electron chi connectivity index (χ4n) is 1.82. The first-order valence-electron chi connectivity index (χ1n) is 6.35. The molecule has 1 aliphatic rings. The van der Waals surface area contributed by atoms with Gasteiger partial charge in [0.1, 0.15) is 0 Å². The minimum Gasteiger partial charge on any atom is -0.330 e. The molecule has 0 bridgehead atoms. The summed E-state index contributed by atoms with van der Waals surface area (Å²) in [5, 5.41) is 3.71. The highest BCUT2D eigenvalue weighted by atomic mass is 35.5. The Balaban J connectivity index is 2.96. The molecular weight excluding hydrogens is 329 g/mol. The Kier molecular flexibility index (Phi) is 6.54. The van der Waals surface area contributed by atoms with Crippen molar-refractivity contribution in [2.24, 2.45) is 28.0 Å². The summed E-state index contributed by atoms with van der Waals surface area (Å²) in [5.41, 5.74) is 21.2. The highest BCUT2D eigenvalue weighted by Crippen LogP contribution is 2.37. The molecule has 11 heteroatoms. The van der Waals surface area contributed by atoms with Gasteiger partial charge in [-0.2, -0.15) is 13.9 Å². The maximum absolute atomic E-state index is 13.8. The lowest BCUT2D eigenvalue weighted by Gasteiger charge is -2.29. The molecule has 1 heterocycles. The van der Waals surface area contributed by atoms with Crippen LogP contribution in [-0.2, 0) is 4.84 Å². The average Bonchev–Trinajstić information content (AvgIpc) is 2.68. The van der Waals surface area contributed by atoms with Crippen LogP contribution < -0.4 is 22.9 Å². The molecule has 2 unspecified atom stereocenters. The van der Waals surface area contributed by atoms with Crippen molar-refractivity contribution in [2.45, 2.75) is 41.9 Å². The molecule has 0 fully saturated rings. The number of nitrogens with zero attached hydrogens (tertiary/aromatic N) is 2. The van der Waals surface area contributed by atoms with Crippen molar-refractivity contribution in [1.82, 2.24) is 5.17 Å². The van der Waals surface area contributed by atoms with Crippen LogP contribution in [0.25, 0.3) is 0 Å². The van der Waals surface area contributed by atoms with Gasteiger partial charge in [-0.15, -0.1) is 0 Å². The molecule has 1 rings (SSSR count). The molecule has 0 aliphatic carbocycles. The van der Waals surface area contributed by atoms with Crippen LogP contribution in [0.1, 0.15) is 19.3 Å². The zero-order valence-electron chi connectivity index (χ0n) is 11.3. The zero-order valence-corrected chi connectivity index (χ0v) is 12.8. The summed E-state index contributed by atoms with van der Waals surface area (Å²) in [7, 11) is 0. The average molecular weight is 349 g/mol. The van der Waals surface area contributed by atoms with Crippen molar-refractivity contribution in [3.05, 3.63) is 0 Å².